The van der Waals surface area contributed by atoms with Gasteiger partial charge in [-0.05, 0) is 25.0 Å². The van der Waals surface area contributed by atoms with Crippen molar-refractivity contribution in [3.05, 3.63) is 33.9 Å². The van der Waals surface area contributed by atoms with E-state index in [9.17, 15) is 10.1 Å². The first-order valence-electron chi connectivity index (χ1n) is 5.29. The zero-order valence-electron chi connectivity index (χ0n) is 9.56. The summed E-state index contributed by atoms with van der Waals surface area (Å²) in [7, 11) is 0. The fourth-order valence-electron chi connectivity index (χ4n) is 1.51. The Labute approximate surface area is 94.8 Å². The van der Waals surface area contributed by atoms with Gasteiger partial charge in [0.15, 0.2) is 0 Å². The molecule has 1 aromatic rings. The second-order valence-corrected chi connectivity index (χ2v) is 3.80. The van der Waals surface area contributed by atoms with Crippen LogP contribution in [0.25, 0.3) is 0 Å². The number of nitro groups is 1. The van der Waals surface area contributed by atoms with Crippen molar-refractivity contribution in [3.63, 3.8) is 0 Å². The van der Waals surface area contributed by atoms with Gasteiger partial charge in [-0.15, -0.1) is 0 Å². The van der Waals surface area contributed by atoms with E-state index in [0.717, 1.165) is 17.7 Å². The zero-order valence-corrected chi connectivity index (χ0v) is 9.56. The molecule has 0 aliphatic heterocycles. The minimum Gasteiger partial charge on any atom is -0.381 e. The maximum Gasteiger partial charge on any atom is 0.271 e. The summed E-state index contributed by atoms with van der Waals surface area (Å²) in [5.41, 5.74) is 7.29. The summed E-state index contributed by atoms with van der Waals surface area (Å²) < 4.78 is 0. The molecule has 88 valence electrons. The molecule has 16 heavy (non-hydrogen) atoms. The molecule has 3 N–H and O–H groups in total. The first kappa shape index (κ1) is 12.4. The Hall–Kier alpha value is -1.62. The van der Waals surface area contributed by atoms with Crippen LogP contribution in [0.3, 0.4) is 0 Å². The van der Waals surface area contributed by atoms with E-state index in [1.807, 2.05) is 19.9 Å². The molecule has 0 aliphatic carbocycles. The number of hydrogen-bond donors (Lipinski definition) is 2. The Morgan fingerprint density at radius 2 is 2.19 bits per heavy atom. The van der Waals surface area contributed by atoms with Gasteiger partial charge >= 0.3 is 0 Å². The van der Waals surface area contributed by atoms with E-state index < -0.39 is 0 Å². The van der Waals surface area contributed by atoms with Crippen molar-refractivity contribution in [2.45, 2.75) is 26.3 Å². The van der Waals surface area contributed by atoms with Crippen molar-refractivity contribution in [2.75, 3.05) is 11.9 Å². The smallest absolute Gasteiger partial charge is 0.271 e. The van der Waals surface area contributed by atoms with Crippen LogP contribution in [0.5, 0.6) is 0 Å². The van der Waals surface area contributed by atoms with Crippen molar-refractivity contribution in [1.29, 1.82) is 0 Å². The Balaban J connectivity index is 2.91. The lowest BCUT2D eigenvalue weighted by Crippen LogP contribution is -2.27. The molecule has 0 amide bonds. The lowest BCUT2D eigenvalue weighted by atomic mass is 10.1. The van der Waals surface area contributed by atoms with Gasteiger partial charge in [0, 0.05) is 30.4 Å². The summed E-state index contributed by atoms with van der Waals surface area (Å²) in [5.74, 6) is 0. The molecule has 5 nitrogen and oxygen atoms in total. The van der Waals surface area contributed by atoms with Crippen LogP contribution in [0, 0.1) is 17.0 Å². The van der Waals surface area contributed by atoms with Crippen molar-refractivity contribution in [1.82, 2.24) is 0 Å². The highest BCUT2D eigenvalue weighted by molar-refractivity contribution is 5.54. The Kier molecular flexibility index (Phi) is 4.25. The number of nitrogens with two attached hydrogens (primary N) is 1. The molecule has 0 aromatic heterocycles. The molecule has 1 rings (SSSR count). The first-order chi connectivity index (χ1) is 7.56. The SMILES string of the molecule is CCC(CN)Nc1cc(C)cc([N+](=O)[O-])c1. The van der Waals surface area contributed by atoms with Crippen molar-refractivity contribution in [2.24, 2.45) is 5.73 Å². The normalized spacial score (nSPS) is 12.2. The van der Waals surface area contributed by atoms with Gasteiger partial charge in [-0.3, -0.25) is 10.1 Å². The molecule has 0 bridgehead atoms. The van der Waals surface area contributed by atoms with Gasteiger partial charge < -0.3 is 11.1 Å². The molecule has 0 saturated carbocycles. The Morgan fingerprint density at radius 1 is 1.50 bits per heavy atom. The van der Waals surface area contributed by atoms with Crippen LogP contribution in [-0.2, 0) is 0 Å². The van der Waals surface area contributed by atoms with Crippen molar-refractivity contribution in [3.8, 4) is 0 Å². The highest BCUT2D eigenvalue weighted by atomic mass is 16.6. The average molecular weight is 223 g/mol. The fourth-order valence-corrected chi connectivity index (χ4v) is 1.51. The number of hydrogen-bond acceptors (Lipinski definition) is 4. The van der Waals surface area contributed by atoms with E-state index in [4.69, 9.17) is 5.73 Å². The number of nitrogens with zero attached hydrogens (tertiary/aromatic N) is 1. The number of rotatable bonds is 5. The van der Waals surface area contributed by atoms with Gasteiger partial charge in [0.25, 0.3) is 5.69 Å². The maximum absolute atomic E-state index is 10.7. The molecule has 1 atom stereocenters. The topological polar surface area (TPSA) is 81.2 Å². The fraction of sp³-hybridized carbons (Fsp3) is 0.455. The van der Waals surface area contributed by atoms with Gasteiger partial charge in [0.2, 0.25) is 0 Å². The molecule has 1 aromatic carbocycles. The van der Waals surface area contributed by atoms with Crippen LogP contribution in [-0.4, -0.2) is 17.5 Å². The molecule has 0 aliphatic rings. The van der Waals surface area contributed by atoms with Gasteiger partial charge in [-0.25, -0.2) is 0 Å². The number of non-ortho nitro benzene ring substituents is 1. The van der Waals surface area contributed by atoms with E-state index >= 15 is 0 Å². The van der Waals surface area contributed by atoms with Gasteiger partial charge in [0.1, 0.15) is 0 Å². The second-order valence-electron chi connectivity index (χ2n) is 3.80. The highest BCUT2D eigenvalue weighted by Crippen LogP contribution is 2.21. The summed E-state index contributed by atoms with van der Waals surface area (Å²) in [6.45, 7) is 4.37. The summed E-state index contributed by atoms with van der Waals surface area (Å²) in [6, 6.07) is 5.12. The van der Waals surface area contributed by atoms with E-state index in [1.54, 1.807) is 6.07 Å². The van der Waals surface area contributed by atoms with Crippen LogP contribution >= 0.6 is 0 Å². The molecule has 1 unspecified atom stereocenters. The molecule has 0 saturated heterocycles. The number of benzene rings is 1. The number of nitrogens with one attached hydrogen (secondary N) is 1. The minimum atomic E-state index is -0.387. The molecular weight excluding hydrogens is 206 g/mol. The van der Waals surface area contributed by atoms with E-state index in [-0.39, 0.29) is 16.7 Å². The summed E-state index contributed by atoms with van der Waals surface area (Å²) in [5, 5.41) is 13.9. The molecule has 0 heterocycles. The second kappa shape index (κ2) is 5.46. The van der Waals surface area contributed by atoms with E-state index in [0.29, 0.717) is 6.54 Å². The summed E-state index contributed by atoms with van der Waals surface area (Å²) >= 11 is 0. The molecule has 0 fully saturated rings. The Bertz CT molecular complexity index is 375. The quantitative estimate of drug-likeness (QED) is 0.591. The van der Waals surface area contributed by atoms with Gasteiger partial charge in [-0.2, -0.15) is 0 Å². The minimum absolute atomic E-state index is 0.106. The zero-order chi connectivity index (χ0) is 12.1. The average Bonchev–Trinajstić information content (AvgIpc) is 2.25. The predicted octanol–water partition coefficient (Wildman–Crippen LogP) is 2.05. The van der Waals surface area contributed by atoms with Crippen LogP contribution in [0.4, 0.5) is 11.4 Å². The van der Waals surface area contributed by atoms with Crippen LogP contribution < -0.4 is 11.1 Å². The van der Waals surface area contributed by atoms with Gasteiger partial charge in [-0.1, -0.05) is 6.92 Å². The molecule has 0 radical (unpaired) electrons. The highest BCUT2D eigenvalue weighted by Gasteiger charge is 2.10. The lowest BCUT2D eigenvalue weighted by molar-refractivity contribution is -0.384. The lowest BCUT2D eigenvalue weighted by Gasteiger charge is -2.16. The van der Waals surface area contributed by atoms with E-state index in [1.165, 1.54) is 6.07 Å². The third kappa shape index (κ3) is 3.20. The third-order valence-corrected chi connectivity index (χ3v) is 2.42. The van der Waals surface area contributed by atoms with Gasteiger partial charge in [0.05, 0.1) is 4.92 Å². The Morgan fingerprint density at radius 3 is 2.69 bits per heavy atom. The first-order valence-corrected chi connectivity index (χ1v) is 5.29. The number of nitro benzene ring substituents is 1. The van der Waals surface area contributed by atoms with Crippen molar-refractivity contribution < 1.29 is 4.92 Å². The standard InChI is InChI=1S/C11H17N3O2/c1-3-9(7-12)13-10-4-8(2)5-11(6-10)14(15)16/h4-6,9,13H,3,7,12H2,1-2H3. The monoisotopic (exact) mass is 223 g/mol. The van der Waals surface area contributed by atoms with Crippen LogP contribution in [0.15, 0.2) is 18.2 Å². The predicted molar refractivity (Wildman–Crippen MR) is 64.6 cm³/mol. The third-order valence-electron chi connectivity index (χ3n) is 2.42. The maximum atomic E-state index is 10.7. The van der Waals surface area contributed by atoms with Crippen molar-refractivity contribution >= 4 is 11.4 Å². The number of aryl methyl sites for hydroxylation is 1. The summed E-state index contributed by atoms with van der Waals surface area (Å²) in [6.07, 6.45) is 0.887. The van der Waals surface area contributed by atoms with E-state index in [2.05, 4.69) is 5.32 Å². The van der Waals surface area contributed by atoms with Crippen LogP contribution in [0.1, 0.15) is 18.9 Å². The molecule has 0 spiro atoms. The largest absolute Gasteiger partial charge is 0.381 e. The molecular formula is C11H17N3O2. The molecule has 5 heteroatoms. The number of anilines is 1. The van der Waals surface area contributed by atoms with Crippen LogP contribution in [0.2, 0.25) is 0 Å². The summed E-state index contributed by atoms with van der Waals surface area (Å²) in [4.78, 5) is 10.3.